The smallest absolute Gasteiger partial charge is 0.312 e. The molecule has 22 nitrogen and oxygen atoms in total. The average Bonchev–Trinajstić information content (AvgIpc) is 1.87. The molecule has 0 saturated carbocycles. The normalized spacial score (nSPS) is 15.7. The number of primary amides is 1. The summed E-state index contributed by atoms with van der Waals surface area (Å²) in [6.45, 7) is 21.1. The van der Waals surface area contributed by atoms with E-state index in [4.69, 9.17) is 20.2 Å². The van der Waals surface area contributed by atoms with Crippen molar-refractivity contribution in [2.45, 2.75) is 190 Å². The van der Waals surface area contributed by atoms with Crippen LogP contribution in [0.25, 0.3) is 0 Å². The largest absolute Gasteiger partial charge is 0.455 e. The Morgan fingerprint density at radius 1 is 0.763 bits per heavy atom. The third kappa shape index (κ3) is 25.9. The zero-order valence-electron chi connectivity index (χ0n) is 57.4. The van der Waals surface area contributed by atoms with Crippen LogP contribution in [0.5, 0.6) is 0 Å². The van der Waals surface area contributed by atoms with Gasteiger partial charge in [-0.1, -0.05) is 111 Å². The van der Waals surface area contributed by atoms with Crippen LogP contribution in [0, 0.1) is 47.3 Å². The van der Waals surface area contributed by atoms with Gasteiger partial charge in [-0.25, -0.2) is 9.78 Å². The minimum Gasteiger partial charge on any atom is -0.455 e. The summed E-state index contributed by atoms with van der Waals surface area (Å²) in [7, 11) is 5.48. The number of carbonyl (C=O) groups excluding carboxylic acids is 11. The van der Waals surface area contributed by atoms with Gasteiger partial charge in [0.2, 0.25) is 23.6 Å². The van der Waals surface area contributed by atoms with Gasteiger partial charge in [-0.05, 0) is 106 Å². The molecule has 0 radical (unpaired) electrons. The molecule has 9 atom stereocenters. The first-order valence-corrected chi connectivity index (χ1v) is 33.9. The summed E-state index contributed by atoms with van der Waals surface area (Å²) in [4.78, 5) is 156. The lowest BCUT2D eigenvalue weighted by Gasteiger charge is -2.37. The summed E-state index contributed by atoms with van der Waals surface area (Å²) in [5.74, 6) is -5.21. The molecule has 23 heteroatoms. The summed E-state index contributed by atoms with van der Waals surface area (Å²) in [6, 6.07) is 13.4. The van der Waals surface area contributed by atoms with Crippen LogP contribution in [0.3, 0.4) is 0 Å². The van der Waals surface area contributed by atoms with Gasteiger partial charge in [0.1, 0.15) is 23.1 Å². The number of nitrogens with two attached hydrogens (primary N) is 1. The van der Waals surface area contributed by atoms with E-state index < -0.39 is 71.7 Å². The second-order valence-electron chi connectivity index (χ2n) is 26.5. The number of nitrogens with zero attached hydrogens (tertiary/aromatic N) is 4. The van der Waals surface area contributed by atoms with Crippen LogP contribution in [0.4, 0.5) is 10.5 Å². The number of rotatable bonds is 40. The van der Waals surface area contributed by atoms with Crippen LogP contribution in [0.15, 0.2) is 60.0 Å². The maximum absolute atomic E-state index is 14.5. The number of urea groups is 1. The quantitative estimate of drug-likeness (QED) is 0.0263. The molecule has 2 heterocycles. The molecule has 1 aliphatic rings. The van der Waals surface area contributed by atoms with E-state index >= 15 is 0 Å². The number of hydrogen-bond donors (Lipinski definition) is 5. The summed E-state index contributed by atoms with van der Waals surface area (Å²) in [5, 5.41) is 13.3. The standard InChI is InChI=1S/C70H105N9O13S/c1-15-45(8)55(37-59(83)65(44(6)7)77(12)13)69(89)78(14)57(42(2)3)38-61(92-48(11)81)68-75-56(41-93-68)67(88)74-54(35-49-20-17-16-18-21-49)34-46(9)60(84)40-91-39-50-23-25-53(26-24-50)73-66(87)52(22-19-31-72-70(71)90)36-58(82)64(43(4)5)76-62(85)27-28-63(86)79-32-29-51(30-33-79)47(10)80/h16-18,20-21,23-26,41-46,51-52,54-55,57,61,64-65H,15,19,22,27-40H2,1-14H3,(H,73,87)(H,74,88)(H,76,85)(H3,71,72,90)/t45-,46-,52+,54+,55-,57+,61+,64-,65-/m0/s1. The van der Waals surface area contributed by atoms with E-state index in [9.17, 15) is 52.7 Å². The van der Waals surface area contributed by atoms with Gasteiger partial charge in [0, 0.05) is 113 Å². The number of nitrogens with one attached hydrogen (secondary N) is 4. The SMILES string of the molecule is CC[C@H](C)[C@H](CC(=O)[C@H](C(C)C)N(C)C)C(=O)N(C)[C@H](C[C@@H](OC(C)=O)c1nc(C(=O)N[C@@H](Cc2ccccc2)C[C@H](C)C(=O)COCc2ccc(NC(=O)[C@H](CCCNC(N)=O)CC(=O)[C@@H](NC(=O)CCC(=O)N3CCC(C(C)=O)CC3)C(C)C)cc2)cs1)C(C)C. The molecule has 1 aromatic heterocycles. The summed E-state index contributed by atoms with van der Waals surface area (Å²) < 4.78 is 11.8. The minimum atomic E-state index is -0.932. The lowest BCUT2D eigenvalue weighted by atomic mass is 9.82. The third-order valence-corrected chi connectivity index (χ3v) is 18.7. The highest BCUT2D eigenvalue weighted by Gasteiger charge is 2.38. The number of ketones is 4. The Labute approximate surface area is 554 Å². The number of aromatic nitrogens is 1. The second kappa shape index (κ2) is 38.8. The first kappa shape index (κ1) is 78.2. The predicted molar refractivity (Wildman–Crippen MR) is 358 cm³/mol. The van der Waals surface area contributed by atoms with Crippen molar-refractivity contribution < 1.29 is 62.2 Å². The van der Waals surface area contributed by atoms with E-state index in [1.165, 1.54) is 18.3 Å². The average molecular weight is 1310 g/mol. The highest BCUT2D eigenvalue weighted by molar-refractivity contribution is 7.09. The third-order valence-electron chi connectivity index (χ3n) is 17.7. The van der Waals surface area contributed by atoms with Gasteiger partial charge in [0.05, 0.1) is 18.7 Å². The van der Waals surface area contributed by atoms with Crippen molar-refractivity contribution in [2.75, 3.05) is 52.7 Å². The topological polar surface area (TPSA) is 303 Å². The van der Waals surface area contributed by atoms with Crippen molar-refractivity contribution in [1.29, 1.82) is 0 Å². The molecular formula is C70H105N9O13S. The van der Waals surface area contributed by atoms with Crippen molar-refractivity contribution in [1.82, 2.24) is 35.6 Å². The Morgan fingerprint density at radius 2 is 1.42 bits per heavy atom. The van der Waals surface area contributed by atoms with Crippen molar-refractivity contribution in [3.8, 4) is 0 Å². The van der Waals surface area contributed by atoms with E-state index in [-0.39, 0.29) is 141 Å². The molecule has 0 aliphatic carbocycles. The zero-order valence-corrected chi connectivity index (χ0v) is 58.2. The van der Waals surface area contributed by atoms with Gasteiger partial charge in [-0.15, -0.1) is 11.3 Å². The number of hydrogen-bond acceptors (Lipinski definition) is 16. The molecule has 1 aliphatic heterocycles. The molecule has 0 bridgehead atoms. The Kier molecular flexibility index (Phi) is 32.6. The number of likely N-dealkylation sites (N-methyl/N-ethyl adjacent to an activating group) is 1. The fourth-order valence-corrected chi connectivity index (χ4v) is 13.0. The van der Waals surface area contributed by atoms with Crippen LogP contribution in [0.2, 0.25) is 0 Å². The maximum Gasteiger partial charge on any atom is 0.312 e. The van der Waals surface area contributed by atoms with Crippen LogP contribution in [-0.4, -0.2) is 156 Å². The Morgan fingerprint density at radius 3 is 1.99 bits per heavy atom. The van der Waals surface area contributed by atoms with E-state index in [0.717, 1.165) is 5.56 Å². The molecule has 1 fully saturated rings. The highest BCUT2D eigenvalue weighted by Crippen LogP contribution is 2.33. The lowest BCUT2D eigenvalue weighted by Crippen LogP contribution is -2.48. The number of ether oxygens (including phenoxy) is 2. The van der Waals surface area contributed by atoms with Crippen molar-refractivity contribution in [3.05, 3.63) is 81.8 Å². The fraction of sp³-hybridized carbons (Fsp3) is 0.629. The molecule has 0 unspecified atom stereocenters. The first-order valence-electron chi connectivity index (χ1n) is 33.0. The van der Waals surface area contributed by atoms with Gasteiger partial charge in [0.15, 0.2) is 23.5 Å². The molecule has 514 valence electrons. The van der Waals surface area contributed by atoms with Gasteiger partial charge in [-0.3, -0.25) is 52.8 Å². The number of Topliss-reactive ketones (excluding diaryl/α,β-unsaturated/α-hetero) is 4. The van der Waals surface area contributed by atoms with Crippen LogP contribution < -0.4 is 27.0 Å². The number of amides is 7. The maximum atomic E-state index is 14.5. The molecule has 93 heavy (non-hydrogen) atoms. The fourth-order valence-electron chi connectivity index (χ4n) is 12.2. The lowest BCUT2D eigenvalue weighted by molar-refractivity contribution is -0.149. The number of anilines is 1. The molecule has 0 spiro atoms. The van der Waals surface area contributed by atoms with Crippen molar-refractivity contribution in [2.24, 2.45) is 53.1 Å². The predicted octanol–water partition coefficient (Wildman–Crippen LogP) is 8.69. The molecule has 3 aromatic rings. The number of benzene rings is 2. The molecule has 7 amide bonds. The number of likely N-dealkylation sites (tertiary alicyclic amines) is 1. The molecule has 2 aromatic carbocycles. The van der Waals surface area contributed by atoms with Crippen LogP contribution in [0.1, 0.15) is 180 Å². The van der Waals surface area contributed by atoms with Crippen molar-refractivity contribution in [3.63, 3.8) is 0 Å². The summed E-state index contributed by atoms with van der Waals surface area (Å²) >= 11 is 1.17. The van der Waals surface area contributed by atoms with Gasteiger partial charge < -0.3 is 46.3 Å². The Balaban J connectivity index is 1.38. The number of carbonyl (C=O) groups is 11. The number of esters is 1. The van der Waals surface area contributed by atoms with Crippen molar-refractivity contribution >= 4 is 81.7 Å². The highest BCUT2D eigenvalue weighted by atomic mass is 32.1. The van der Waals surface area contributed by atoms with Gasteiger partial charge >= 0.3 is 12.0 Å². The molecule has 4 rings (SSSR count). The second-order valence-corrected chi connectivity index (χ2v) is 27.4. The first-order chi connectivity index (χ1) is 43.9. The van der Waals surface area contributed by atoms with Gasteiger partial charge in [0.25, 0.3) is 5.91 Å². The van der Waals surface area contributed by atoms with Crippen LogP contribution in [-0.2, 0) is 65.7 Å². The van der Waals surface area contributed by atoms with E-state index in [1.807, 2.05) is 90.9 Å². The van der Waals surface area contributed by atoms with E-state index in [0.29, 0.717) is 61.5 Å². The minimum absolute atomic E-state index is 0.0127. The van der Waals surface area contributed by atoms with E-state index in [1.54, 1.807) is 74.2 Å². The summed E-state index contributed by atoms with van der Waals surface area (Å²) in [5.41, 5.74) is 7.44. The molecule has 1 saturated heterocycles. The zero-order chi connectivity index (χ0) is 69.2. The number of piperidine rings is 1. The van der Waals surface area contributed by atoms with Crippen LogP contribution >= 0.6 is 11.3 Å². The van der Waals surface area contributed by atoms with Gasteiger partial charge in [-0.2, -0.15) is 0 Å². The Bertz CT molecular complexity index is 2950. The molecular weight excluding hydrogens is 1210 g/mol. The number of thiazole rings is 1. The van der Waals surface area contributed by atoms with E-state index in [2.05, 4.69) is 21.3 Å². The summed E-state index contributed by atoms with van der Waals surface area (Å²) in [6.07, 6.45) is 2.10. The Hall–Kier alpha value is -7.24. The monoisotopic (exact) mass is 1310 g/mol. The molecule has 6 N–H and O–H groups in total.